The van der Waals surface area contributed by atoms with Crippen LogP contribution in [0.4, 0.5) is 0 Å². The van der Waals surface area contributed by atoms with Crippen LogP contribution in [0.5, 0.6) is 6.01 Å². The number of benzene rings is 1. The second-order valence-electron chi connectivity index (χ2n) is 10.5. The number of carbonyl (C=O) groups is 1. The lowest BCUT2D eigenvalue weighted by atomic mass is 10.1. The Morgan fingerprint density at radius 2 is 1.89 bits per heavy atom. The van der Waals surface area contributed by atoms with Gasteiger partial charge in [0.15, 0.2) is 11.8 Å². The molecule has 0 saturated carbocycles. The van der Waals surface area contributed by atoms with Gasteiger partial charge in [-0.05, 0) is 18.2 Å². The van der Waals surface area contributed by atoms with Gasteiger partial charge in [-0.1, -0.05) is 23.7 Å². The van der Waals surface area contributed by atoms with Crippen molar-refractivity contribution in [2.24, 2.45) is 0 Å². The number of hydrogen-bond acceptors (Lipinski definition) is 8. The quantitative estimate of drug-likeness (QED) is 0.305. The number of aromatic carboxylic acids is 1. The van der Waals surface area contributed by atoms with Crippen LogP contribution in [0.25, 0.3) is 22.4 Å². The van der Waals surface area contributed by atoms with E-state index in [9.17, 15) is 15.0 Å². The second-order valence-corrected chi connectivity index (χ2v) is 16.6. The maximum atomic E-state index is 11.2. The summed E-state index contributed by atoms with van der Waals surface area (Å²) < 4.78 is 25.4. The fourth-order valence-electron chi connectivity index (χ4n) is 4.40. The van der Waals surface area contributed by atoms with E-state index in [2.05, 4.69) is 24.6 Å². The standard InChI is InChI=1S/C25H30ClN3O7Si/c1-37(2,3)9-8-33-13-29-23-17(27-25(29)36-19-12-35-21-18(30)11-34-22(19)21)10-16(26)20(28-23)14-4-6-15(7-5-14)24(31)32/h4-7,10,18-19,21-22,30H,8-9,11-13H2,1-3H3,(H,31,32)/q-1/t18-,19-,21-,22-/m1/s1. The molecule has 2 aliphatic heterocycles. The van der Waals surface area contributed by atoms with Crippen molar-refractivity contribution in [1.82, 2.24) is 14.5 Å². The maximum absolute atomic E-state index is 11.2. The highest BCUT2D eigenvalue weighted by Crippen LogP contribution is 2.34. The van der Waals surface area contributed by atoms with E-state index in [-0.39, 0.29) is 25.5 Å². The topological polar surface area (TPSA) is 125 Å². The third kappa shape index (κ3) is 5.52. The lowest BCUT2D eigenvalue weighted by Gasteiger charge is -2.26. The van der Waals surface area contributed by atoms with E-state index in [1.54, 1.807) is 22.8 Å². The minimum Gasteiger partial charge on any atom is -0.478 e. The maximum Gasteiger partial charge on any atom is 0.335 e. The Bertz CT molecular complexity index is 1290. The molecule has 0 bridgehead atoms. The fourth-order valence-corrected chi connectivity index (χ4v) is 5.41. The van der Waals surface area contributed by atoms with E-state index in [0.717, 1.165) is 6.04 Å². The molecule has 37 heavy (non-hydrogen) atoms. The first-order valence-corrected chi connectivity index (χ1v) is 16.3. The lowest BCUT2D eigenvalue weighted by molar-refractivity contribution is 0.00336. The first-order chi connectivity index (χ1) is 17.6. The molecule has 5 rings (SSSR count). The van der Waals surface area contributed by atoms with Crippen molar-refractivity contribution in [1.29, 1.82) is 0 Å². The summed E-state index contributed by atoms with van der Waals surface area (Å²) in [6, 6.07) is 9.37. The minimum atomic E-state index is -1.28. The molecular formula is C25H30ClN3O7Si-. The number of imidazole rings is 1. The summed E-state index contributed by atoms with van der Waals surface area (Å²) in [5.74, 6) is -1.01. The van der Waals surface area contributed by atoms with Crippen molar-refractivity contribution in [3.05, 3.63) is 40.9 Å². The normalized spacial score (nSPS) is 23.5. The molecule has 0 spiro atoms. The molecule has 2 saturated heterocycles. The van der Waals surface area contributed by atoms with E-state index < -0.39 is 38.5 Å². The zero-order valence-electron chi connectivity index (χ0n) is 20.9. The van der Waals surface area contributed by atoms with Crippen LogP contribution >= 0.6 is 11.6 Å². The molecule has 2 fully saturated rings. The number of nitrogens with zero attached hydrogens (tertiary/aromatic N) is 3. The largest absolute Gasteiger partial charge is 0.478 e. The molecule has 0 unspecified atom stereocenters. The Balaban J connectivity index is 1.48. The van der Waals surface area contributed by atoms with Gasteiger partial charge in [0, 0.05) is 12.2 Å². The molecule has 0 amide bonds. The minimum absolute atomic E-state index is 0.174. The summed E-state index contributed by atoms with van der Waals surface area (Å²) in [5, 5.41) is 19.7. The van der Waals surface area contributed by atoms with Crippen LogP contribution < -0.4 is 4.74 Å². The number of carboxylic acids is 1. The average molecular weight is 548 g/mol. The van der Waals surface area contributed by atoms with Crippen LogP contribution in [0, 0.1) is 0 Å². The number of halogens is 1. The molecule has 2 aromatic heterocycles. The lowest BCUT2D eigenvalue weighted by Crippen LogP contribution is -2.35. The Hall–Kier alpha value is -2.54. The second kappa shape index (κ2) is 10.3. The van der Waals surface area contributed by atoms with Crippen molar-refractivity contribution in [2.75, 3.05) is 19.8 Å². The first-order valence-electron chi connectivity index (χ1n) is 12.2. The van der Waals surface area contributed by atoms with E-state index in [1.807, 2.05) is 0 Å². The van der Waals surface area contributed by atoms with E-state index >= 15 is 0 Å². The number of rotatable bonds is 9. The van der Waals surface area contributed by atoms with Crippen molar-refractivity contribution in [3.8, 4) is 17.3 Å². The van der Waals surface area contributed by atoms with Gasteiger partial charge in [-0.15, -0.1) is 14.1 Å². The van der Waals surface area contributed by atoms with Gasteiger partial charge >= 0.3 is 12.0 Å². The van der Waals surface area contributed by atoms with E-state index in [1.165, 1.54) is 12.1 Å². The summed E-state index contributed by atoms with van der Waals surface area (Å²) in [5.41, 5.74) is 2.39. The fraction of sp³-hybridized carbons (Fsp3) is 0.480. The smallest absolute Gasteiger partial charge is 0.335 e. The molecule has 4 heterocycles. The number of fused-ring (bicyclic) bond motifs is 2. The third-order valence-corrected chi connectivity index (χ3v) is 8.49. The number of aliphatic hydroxyl groups excluding tert-OH is 1. The molecule has 0 radical (unpaired) electrons. The Kier molecular flexibility index (Phi) is 7.27. The summed E-state index contributed by atoms with van der Waals surface area (Å²) >= 11 is 6.57. The van der Waals surface area contributed by atoms with Crippen molar-refractivity contribution in [3.63, 3.8) is 0 Å². The predicted octanol–water partition coefficient (Wildman–Crippen LogP) is 3.67. The first kappa shape index (κ1) is 26.1. The van der Waals surface area contributed by atoms with E-state index in [0.29, 0.717) is 40.1 Å². The number of hydrogen-bond donors (Lipinski definition) is 2. The predicted molar refractivity (Wildman–Crippen MR) is 139 cm³/mol. The van der Waals surface area contributed by atoms with Crippen LogP contribution in [-0.4, -0.2) is 83.0 Å². The number of aliphatic hydroxyl groups is 1. The highest BCUT2D eigenvalue weighted by molar-refractivity contribution is 6.76. The summed E-state index contributed by atoms with van der Waals surface area (Å²) in [4.78, 5) is 20.7. The molecule has 10 nitrogen and oxygen atoms in total. The Morgan fingerprint density at radius 3 is 2.59 bits per heavy atom. The van der Waals surface area contributed by atoms with Gasteiger partial charge in [0.2, 0.25) is 0 Å². The number of pyridine rings is 1. The molecule has 2 aliphatic rings. The summed E-state index contributed by atoms with van der Waals surface area (Å²) in [6.07, 6.45) is -1.95. The van der Waals surface area contributed by atoms with Crippen molar-refractivity contribution < 1.29 is 34.0 Å². The van der Waals surface area contributed by atoms with E-state index in [4.69, 9.17) is 35.5 Å². The highest BCUT2D eigenvalue weighted by atomic mass is 35.5. The monoisotopic (exact) mass is 547 g/mol. The van der Waals surface area contributed by atoms with Gasteiger partial charge in [0.1, 0.15) is 30.6 Å². The average Bonchev–Trinajstić information content (AvgIpc) is 3.51. The Morgan fingerprint density at radius 1 is 1.16 bits per heavy atom. The van der Waals surface area contributed by atoms with Crippen molar-refractivity contribution in [2.45, 2.75) is 56.8 Å². The number of carboxylic acid groups (broad SMARTS) is 1. The van der Waals surface area contributed by atoms with Crippen LogP contribution in [0.1, 0.15) is 10.4 Å². The molecule has 0 aliphatic carbocycles. The highest BCUT2D eigenvalue weighted by Gasteiger charge is 2.48. The number of ether oxygens (including phenoxy) is 4. The van der Waals surface area contributed by atoms with Crippen molar-refractivity contribution >= 4 is 36.8 Å². The molecule has 2 N–H and O–H groups in total. The molecule has 12 heteroatoms. The zero-order valence-corrected chi connectivity index (χ0v) is 22.6. The number of aromatic nitrogens is 3. The summed E-state index contributed by atoms with van der Waals surface area (Å²) in [6.45, 7) is 8.10. The van der Waals surface area contributed by atoms with Crippen LogP contribution in [0.2, 0.25) is 30.7 Å². The van der Waals surface area contributed by atoms with Gasteiger partial charge in [0.25, 0.3) is 0 Å². The van der Waals surface area contributed by atoms with Gasteiger partial charge in [-0.2, -0.15) is 24.6 Å². The van der Waals surface area contributed by atoms with Gasteiger partial charge in [-0.3, -0.25) is 4.57 Å². The van der Waals surface area contributed by atoms with Crippen LogP contribution in [0.3, 0.4) is 0 Å². The van der Waals surface area contributed by atoms with Crippen LogP contribution in [-0.2, 0) is 20.9 Å². The van der Waals surface area contributed by atoms with Gasteiger partial charge < -0.3 is 29.2 Å². The van der Waals surface area contributed by atoms with Crippen LogP contribution in [0.15, 0.2) is 30.3 Å². The SMILES string of the molecule is C[Si-](C)(C)CCOCn1c(O[C@@H]2CO[C@H]3[C@@H]2OC[C@H]3O)nc2cc(Cl)c(-c3ccc(C(=O)O)cc3)nc21. The molecule has 4 atom stereocenters. The molecule has 1 aromatic carbocycles. The van der Waals surface area contributed by atoms with Gasteiger partial charge in [-0.25, -0.2) is 9.78 Å². The Labute approximate surface area is 220 Å². The third-order valence-electron chi connectivity index (χ3n) is 6.50. The zero-order chi connectivity index (χ0) is 26.3. The molecule has 3 aromatic rings. The molecular weight excluding hydrogens is 518 g/mol. The molecule has 199 valence electrons. The van der Waals surface area contributed by atoms with Gasteiger partial charge in [0.05, 0.1) is 29.5 Å². The summed E-state index contributed by atoms with van der Waals surface area (Å²) in [7, 11) is -1.28.